The average molecular weight is 409 g/mol. The van der Waals surface area contributed by atoms with Gasteiger partial charge in [-0.1, -0.05) is 22.0 Å². The van der Waals surface area contributed by atoms with E-state index < -0.39 is 24.3 Å². The number of anilines is 2. The van der Waals surface area contributed by atoms with E-state index in [4.69, 9.17) is 4.74 Å². The number of carbonyl (C=O) groups excluding carboxylic acids is 3. The molecule has 2 aromatic rings. The van der Waals surface area contributed by atoms with E-state index in [1.165, 1.54) is 19.1 Å². The fourth-order valence-electron chi connectivity index (χ4n) is 1.94. The van der Waals surface area contributed by atoms with Gasteiger partial charge in [0.2, 0.25) is 5.91 Å². The Hall–Kier alpha value is -2.74. The number of esters is 1. The van der Waals surface area contributed by atoms with E-state index in [-0.39, 0.29) is 11.5 Å². The Labute approximate surface area is 151 Å². The van der Waals surface area contributed by atoms with Crippen LogP contribution in [0.15, 0.2) is 46.9 Å². The van der Waals surface area contributed by atoms with Crippen LogP contribution in [-0.2, 0) is 14.3 Å². The molecule has 0 aliphatic heterocycles. The van der Waals surface area contributed by atoms with Gasteiger partial charge < -0.3 is 15.4 Å². The van der Waals surface area contributed by atoms with Crippen LogP contribution in [0.5, 0.6) is 0 Å². The van der Waals surface area contributed by atoms with E-state index in [9.17, 15) is 18.8 Å². The summed E-state index contributed by atoms with van der Waals surface area (Å²) in [5.74, 6) is -2.52. The molecule has 6 nitrogen and oxygen atoms in total. The normalized spacial score (nSPS) is 10.0. The van der Waals surface area contributed by atoms with Gasteiger partial charge >= 0.3 is 5.97 Å². The summed E-state index contributed by atoms with van der Waals surface area (Å²) in [5.41, 5.74) is 0.671. The van der Waals surface area contributed by atoms with Crippen LogP contribution >= 0.6 is 15.9 Å². The van der Waals surface area contributed by atoms with E-state index >= 15 is 0 Å². The zero-order valence-electron chi connectivity index (χ0n) is 13.1. The molecule has 0 atom stereocenters. The van der Waals surface area contributed by atoms with Crippen LogP contribution in [0.2, 0.25) is 0 Å². The summed E-state index contributed by atoms with van der Waals surface area (Å²) in [6, 6.07) is 10.3. The molecule has 0 aromatic heterocycles. The highest BCUT2D eigenvalue weighted by molar-refractivity contribution is 9.10. The zero-order valence-corrected chi connectivity index (χ0v) is 14.7. The molecular formula is C17H14BrFN2O4. The summed E-state index contributed by atoms with van der Waals surface area (Å²) in [5, 5.41) is 5.10. The van der Waals surface area contributed by atoms with Crippen molar-refractivity contribution in [3.8, 4) is 0 Å². The van der Waals surface area contributed by atoms with Gasteiger partial charge in [0.25, 0.3) is 5.91 Å². The molecule has 0 aliphatic rings. The first kappa shape index (κ1) is 18.6. The fraction of sp³-hybridized carbons (Fsp3) is 0.118. The number of nitrogens with one attached hydrogen (secondary N) is 2. The molecule has 0 fully saturated rings. The second-order valence-corrected chi connectivity index (χ2v) is 5.93. The third-order valence-electron chi connectivity index (χ3n) is 2.95. The first-order valence-corrected chi connectivity index (χ1v) is 7.94. The number of halogens is 2. The molecule has 0 bridgehead atoms. The third-order valence-corrected chi connectivity index (χ3v) is 3.45. The van der Waals surface area contributed by atoms with Gasteiger partial charge in [-0.05, 0) is 36.4 Å². The van der Waals surface area contributed by atoms with Crippen LogP contribution in [0.1, 0.15) is 17.3 Å². The molecule has 8 heteroatoms. The molecule has 0 heterocycles. The molecule has 0 unspecified atom stereocenters. The largest absolute Gasteiger partial charge is 0.452 e. The van der Waals surface area contributed by atoms with Crippen molar-refractivity contribution in [2.75, 3.05) is 17.2 Å². The number of hydrogen-bond donors (Lipinski definition) is 2. The lowest BCUT2D eigenvalue weighted by molar-refractivity contribution is -0.119. The van der Waals surface area contributed by atoms with Gasteiger partial charge in [-0.3, -0.25) is 9.59 Å². The molecule has 130 valence electrons. The summed E-state index contributed by atoms with van der Waals surface area (Å²) in [6.45, 7) is 0.796. The predicted molar refractivity (Wildman–Crippen MR) is 93.8 cm³/mol. The molecule has 0 saturated heterocycles. The Bertz CT molecular complexity index is 826. The van der Waals surface area contributed by atoms with Gasteiger partial charge in [0.05, 0.1) is 5.56 Å². The van der Waals surface area contributed by atoms with Crippen LogP contribution < -0.4 is 10.6 Å². The van der Waals surface area contributed by atoms with Crippen molar-refractivity contribution in [1.82, 2.24) is 0 Å². The molecule has 2 rings (SSSR count). The van der Waals surface area contributed by atoms with Crippen molar-refractivity contribution in [3.05, 3.63) is 58.3 Å². The van der Waals surface area contributed by atoms with Gasteiger partial charge in [0.15, 0.2) is 6.61 Å². The van der Waals surface area contributed by atoms with E-state index in [0.717, 1.165) is 6.07 Å². The fourth-order valence-corrected chi connectivity index (χ4v) is 2.27. The van der Waals surface area contributed by atoms with Gasteiger partial charge in [-0.25, -0.2) is 9.18 Å². The van der Waals surface area contributed by atoms with E-state index in [1.54, 1.807) is 24.3 Å². The topological polar surface area (TPSA) is 84.5 Å². The summed E-state index contributed by atoms with van der Waals surface area (Å²) in [4.78, 5) is 34.7. The number of rotatable bonds is 5. The number of benzene rings is 2. The van der Waals surface area contributed by atoms with Gasteiger partial charge in [-0.2, -0.15) is 0 Å². The molecule has 0 radical (unpaired) electrons. The molecule has 2 N–H and O–H groups in total. The number of carbonyl (C=O) groups is 3. The van der Waals surface area contributed by atoms with E-state index in [0.29, 0.717) is 15.8 Å². The Morgan fingerprint density at radius 1 is 1.08 bits per heavy atom. The van der Waals surface area contributed by atoms with Crippen LogP contribution in [0.3, 0.4) is 0 Å². The first-order valence-electron chi connectivity index (χ1n) is 7.15. The number of hydrogen-bond acceptors (Lipinski definition) is 4. The van der Waals surface area contributed by atoms with Crippen molar-refractivity contribution in [2.24, 2.45) is 0 Å². The van der Waals surface area contributed by atoms with E-state index in [2.05, 4.69) is 26.6 Å². The van der Waals surface area contributed by atoms with Gasteiger partial charge in [0.1, 0.15) is 5.82 Å². The maximum atomic E-state index is 13.7. The minimum Gasteiger partial charge on any atom is -0.452 e. The highest BCUT2D eigenvalue weighted by Crippen LogP contribution is 2.17. The summed E-state index contributed by atoms with van der Waals surface area (Å²) >= 11 is 3.08. The van der Waals surface area contributed by atoms with Crippen molar-refractivity contribution in [1.29, 1.82) is 0 Å². The summed E-state index contributed by atoms with van der Waals surface area (Å²) < 4.78 is 18.9. The predicted octanol–water partition coefficient (Wildman–Crippen LogP) is 3.34. The van der Waals surface area contributed by atoms with Crippen LogP contribution in [0.25, 0.3) is 0 Å². The van der Waals surface area contributed by atoms with E-state index in [1.807, 2.05) is 0 Å². The standard InChI is InChI=1S/C17H14BrFN2O4/c1-10(22)20-12-3-2-4-13(8-12)21-16(23)9-25-17(24)14-6-5-11(18)7-15(14)19/h2-8H,9H2,1H3,(H,20,22)(H,21,23). The zero-order chi connectivity index (χ0) is 18.4. The Morgan fingerprint density at radius 2 is 1.76 bits per heavy atom. The minimum atomic E-state index is -0.938. The van der Waals surface area contributed by atoms with Gasteiger partial charge in [0, 0.05) is 22.8 Å². The molecule has 2 amide bonds. The number of ether oxygens (including phenoxy) is 1. The SMILES string of the molecule is CC(=O)Nc1cccc(NC(=O)COC(=O)c2ccc(Br)cc2F)c1. The summed E-state index contributed by atoms with van der Waals surface area (Å²) in [7, 11) is 0. The maximum Gasteiger partial charge on any atom is 0.341 e. The minimum absolute atomic E-state index is 0.242. The lowest BCUT2D eigenvalue weighted by Gasteiger charge is -2.09. The lowest BCUT2D eigenvalue weighted by atomic mass is 10.2. The Morgan fingerprint density at radius 3 is 2.40 bits per heavy atom. The highest BCUT2D eigenvalue weighted by Gasteiger charge is 2.15. The molecule has 0 aliphatic carbocycles. The van der Waals surface area contributed by atoms with Crippen LogP contribution in [0, 0.1) is 5.82 Å². The average Bonchev–Trinajstić information content (AvgIpc) is 2.52. The number of amides is 2. The molecule has 25 heavy (non-hydrogen) atoms. The third kappa shape index (κ3) is 5.68. The molecular weight excluding hydrogens is 395 g/mol. The smallest absolute Gasteiger partial charge is 0.341 e. The van der Waals surface area contributed by atoms with Crippen molar-refractivity contribution >= 4 is 45.1 Å². The van der Waals surface area contributed by atoms with Gasteiger partial charge in [-0.15, -0.1) is 0 Å². The first-order chi connectivity index (χ1) is 11.8. The Balaban J connectivity index is 1.92. The van der Waals surface area contributed by atoms with Crippen LogP contribution in [0.4, 0.5) is 15.8 Å². The Kier molecular flexibility index (Phi) is 6.24. The maximum absolute atomic E-state index is 13.7. The second-order valence-electron chi connectivity index (χ2n) is 5.01. The van der Waals surface area contributed by atoms with Crippen molar-refractivity contribution < 1.29 is 23.5 Å². The summed E-state index contributed by atoms with van der Waals surface area (Å²) in [6.07, 6.45) is 0. The van der Waals surface area contributed by atoms with Crippen LogP contribution in [-0.4, -0.2) is 24.4 Å². The quantitative estimate of drug-likeness (QED) is 0.742. The second kappa shape index (κ2) is 8.39. The molecule has 0 saturated carbocycles. The van der Waals surface area contributed by atoms with Crippen molar-refractivity contribution in [3.63, 3.8) is 0 Å². The molecule has 2 aromatic carbocycles. The van der Waals surface area contributed by atoms with Crippen molar-refractivity contribution in [2.45, 2.75) is 6.92 Å². The molecule has 0 spiro atoms. The highest BCUT2D eigenvalue weighted by atomic mass is 79.9. The monoisotopic (exact) mass is 408 g/mol. The lowest BCUT2D eigenvalue weighted by Crippen LogP contribution is -2.21.